The number of benzene rings is 2. The fraction of sp³-hybridized carbons (Fsp3) is 0.364. The zero-order chi connectivity index (χ0) is 19.2. The van der Waals surface area contributed by atoms with E-state index in [0.29, 0.717) is 31.1 Å². The third kappa shape index (κ3) is 5.09. The van der Waals surface area contributed by atoms with Crippen molar-refractivity contribution in [3.8, 4) is 5.75 Å². The second kappa shape index (κ2) is 8.71. The van der Waals surface area contributed by atoms with E-state index in [4.69, 9.17) is 20.6 Å². The molecule has 1 aliphatic rings. The maximum absolute atomic E-state index is 11.7. The minimum Gasteiger partial charge on any atom is -0.489 e. The van der Waals surface area contributed by atoms with Gasteiger partial charge in [0.15, 0.2) is 0 Å². The van der Waals surface area contributed by atoms with E-state index in [0.717, 1.165) is 30.6 Å². The van der Waals surface area contributed by atoms with Crippen LogP contribution in [0, 0.1) is 11.3 Å². The van der Waals surface area contributed by atoms with Gasteiger partial charge < -0.3 is 15.2 Å². The maximum atomic E-state index is 11.7. The van der Waals surface area contributed by atoms with Gasteiger partial charge >= 0.3 is 5.97 Å². The van der Waals surface area contributed by atoms with Crippen LogP contribution < -0.4 is 10.5 Å². The third-order valence-corrected chi connectivity index (χ3v) is 4.94. The number of carbonyl (C=O) groups is 1. The minimum absolute atomic E-state index is 0.0644. The van der Waals surface area contributed by atoms with Crippen molar-refractivity contribution in [1.82, 2.24) is 0 Å². The average molecular weight is 366 g/mol. The maximum Gasteiger partial charge on any atom is 0.306 e. The van der Waals surface area contributed by atoms with E-state index in [1.165, 1.54) is 11.1 Å². The van der Waals surface area contributed by atoms with Crippen LogP contribution in [0.4, 0.5) is 0 Å². The van der Waals surface area contributed by atoms with Crippen LogP contribution >= 0.6 is 0 Å². The Balaban J connectivity index is 1.60. The summed E-state index contributed by atoms with van der Waals surface area (Å²) in [5.41, 5.74) is 9.81. The molecule has 0 saturated carbocycles. The number of rotatable bonds is 7. The number of esters is 1. The fourth-order valence-corrected chi connectivity index (χ4v) is 3.48. The van der Waals surface area contributed by atoms with Crippen LogP contribution in [0.25, 0.3) is 0 Å². The lowest BCUT2D eigenvalue weighted by Crippen LogP contribution is -2.19. The topological polar surface area (TPSA) is 85.4 Å². The van der Waals surface area contributed by atoms with Gasteiger partial charge in [-0.3, -0.25) is 10.2 Å². The Bertz CT molecular complexity index is 815. The molecule has 0 radical (unpaired) electrons. The molecular formula is C22H26N2O3. The van der Waals surface area contributed by atoms with E-state index in [1.807, 2.05) is 37.3 Å². The summed E-state index contributed by atoms with van der Waals surface area (Å²) in [5.74, 6) is 1.13. The predicted molar refractivity (Wildman–Crippen MR) is 105 cm³/mol. The number of hydrogen-bond acceptors (Lipinski definition) is 4. The minimum atomic E-state index is -0.104. The number of nitrogens with two attached hydrogens (primary N) is 1. The molecule has 1 atom stereocenters. The van der Waals surface area contributed by atoms with Gasteiger partial charge in [0, 0.05) is 12.0 Å². The highest BCUT2D eigenvalue weighted by atomic mass is 16.5. The molecule has 5 heteroatoms. The summed E-state index contributed by atoms with van der Waals surface area (Å²) >= 11 is 0. The average Bonchev–Trinajstić information content (AvgIpc) is 2.66. The van der Waals surface area contributed by atoms with E-state index >= 15 is 0 Å². The number of amidine groups is 1. The SMILES string of the molecule is CCOC(=O)CC1CCc2ccc(OCc3ccc(C(=N)N)cc3)cc2C1. The normalized spacial score (nSPS) is 15.7. The van der Waals surface area contributed by atoms with Crippen LogP contribution in [0.1, 0.15) is 42.0 Å². The van der Waals surface area contributed by atoms with Crippen molar-refractivity contribution < 1.29 is 14.3 Å². The van der Waals surface area contributed by atoms with Crippen molar-refractivity contribution in [2.24, 2.45) is 11.7 Å². The molecule has 0 amide bonds. The Morgan fingerprint density at radius 1 is 1.19 bits per heavy atom. The van der Waals surface area contributed by atoms with Crippen LogP contribution in [-0.4, -0.2) is 18.4 Å². The number of fused-ring (bicyclic) bond motifs is 1. The van der Waals surface area contributed by atoms with Gasteiger partial charge in [-0.15, -0.1) is 0 Å². The van der Waals surface area contributed by atoms with Crippen molar-refractivity contribution in [3.63, 3.8) is 0 Å². The van der Waals surface area contributed by atoms with Gasteiger partial charge in [0.2, 0.25) is 0 Å². The molecule has 1 unspecified atom stereocenters. The molecule has 27 heavy (non-hydrogen) atoms. The standard InChI is InChI=1S/C22H26N2O3/c1-2-26-21(25)12-16-5-6-17-9-10-20(13-19(17)11-16)27-14-15-3-7-18(8-4-15)22(23)24/h3-4,7-10,13,16H,2,5-6,11-12,14H2,1H3,(H3,23,24). The molecule has 0 heterocycles. The molecule has 3 rings (SSSR count). The number of nitrogens with one attached hydrogen (secondary N) is 1. The third-order valence-electron chi connectivity index (χ3n) is 4.94. The van der Waals surface area contributed by atoms with Crippen molar-refractivity contribution >= 4 is 11.8 Å². The van der Waals surface area contributed by atoms with Crippen LogP contribution in [0.15, 0.2) is 42.5 Å². The Kier molecular flexibility index (Phi) is 6.12. The van der Waals surface area contributed by atoms with Crippen molar-refractivity contribution in [2.75, 3.05) is 6.61 Å². The number of nitrogen functional groups attached to an aromatic ring is 1. The fourth-order valence-electron chi connectivity index (χ4n) is 3.48. The lowest BCUT2D eigenvalue weighted by atomic mass is 9.82. The summed E-state index contributed by atoms with van der Waals surface area (Å²) in [4.78, 5) is 11.7. The highest BCUT2D eigenvalue weighted by molar-refractivity contribution is 5.94. The predicted octanol–water partition coefficient (Wildman–Crippen LogP) is 3.61. The molecule has 3 N–H and O–H groups in total. The molecule has 0 fully saturated rings. The van der Waals surface area contributed by atoms with E-state index in [2.05, 4.69) is 12.1 Å². The first-order chi connectivity index (χ1) is 13.0. The molecule has 1 aliphatic carbocycles. The highest BCUT2D eigenvalue weighted by Crippen LogP contribution is 2.30. The summed E-state index contributed by atoms with van der Waals surface area (Å²) in [7, 11) is 0. The lowest BCUT2D eigenvalue weighted by Gasteiger charge is -2.24. The number of aryl methyl sites for hydroxylation is 1. The van der Waals surface area contributed by atoms with Crippen molar-refractivity contribution in [2.45, 2.75) is 39.2 Å². The molecule has 142 valence electrons. The highest BCUT2D eigenvalue weighted by Gasteiger charge is 2.22. The number of carbonyl (C=O) groups excluding carboxylic acids is 1. The smallest absolute Gasteiger partial charge is 0.306 e. The Morgan fingerprint density at radius 2 is 1.96 bits per heavy atom. The summed E-state index contributed by atoms with van der Waals surface area (Å²) in [6, 6.07) is 13.7. The summed E-state index contributed by atoms with van der Waals surface area (Å²) in [5, 5.41) is 7.43. The molecule has 5 nitrogen and oxygen atoms in total. The summed E-state index contributed by atoms with van der Waals surface area (Å²) in [6.45, 7) is 2.74. The lowest BCUT2D eigenvalue weighted by molar-refractivity contribution is -0.144. The number of hydrogen-bond donors (Lipinski definition) is 2. The van der Waals surface area contributed by atoms with Gasteiger partial charge in [-0.1, -0.05) is 30.3 Å². The summed E-state index contributed by atoms with van der Waals surface area (Å²) in [6.07, 6.45) is 3.39. The second-order valence-electron chi connectivity index (χ2n) is 6.95. The number of ether oxygens (including phenoxy) is 2. The first kappa shape index (κ1) is 19.0. The van der Waals surface area contributed by atoms with Crippen LogP contribution in [0.3, 0.4) is 0 Å². The molecule has 0 spiro atoms. The Labute approximate surface area is 160 Å². The first-order valence-electron chi connectivity index (χ1n) is 9.38. The Hall–Kier alpha value is -2.82. The quantitative estimate of drug-likeness (QED) is 0.445. The van der Waals surface area contributed by atoms with Gasteiger partial charge in [0.05, 0.1) is 6.61 Å². The van der Waals surface area contributed by atoms with Gasteiger partial charge in [-0.25, -0.2) is 0 Å². The van der Waals surface area contributed by atoms with Gasteiger partial charge in [0.1, 0.15) is 18.2 Å². The molecule has 0 bridgehead atoms. The Morgan fingerprint density at radius 3 is 2.67 bits per heavy atom. The monoisotopic (exact) mass is 366 g/mol. The largest absolute Gasteiger partial charge is 0.489 e. The summed E-state index contributed by atoms with van der Waals surface area (Å²) < 4.78 is 11.0. The van der Waals surface area contributed by atoms with Crippen molar-refractivity contribution in [3.05, 3.63) is 64.7 Å². The van der Waals surface area contributed by atoms with E-state index < -0.39 is 0 Å². The van der Waals surface area contributed by atoms with E-state index in [9.17, 15) is 4.79 Å². The van der Waals surface area contributed by atoms with Gasteiger partial charge in [-0.2, -0.15) is 0 Å². The van der Waals surface area contributed by atoms with Crippen LogP contribution in [0.2, 0.25) is 0 Å². The van der Waals surface area contributed by atoms with E-state index in [1.54, 1.807) is 0 Å². The molecule has 0 saturated heterocycles. The van der Waals surface area contributed by atoms with Gasteiger partial charge in [0.25, 0.3) is 0 Å². The van der Waals surface area contributed by atoms with Crippen LogP contribution in [0.5, 0.6) is 5.75 Å². The molecule has 2 aromatic carbocycles. The first-order valence-corrected chi connectivity index (χ1v) is 9.38. The second-order valence-corrected chi connectivity index (χ2v) is 6.95. The molecule has 2 aromatic rings. The molecular weight excluding hydrogens is 340 g/mol. The molecule has 0 aromatic heterocycles. The zero-order valence-electron chi connectivity index (χ0n) is 15.7. The zero-order valence-corrected chi connectivity index (χ0v) is 15.7. The van der Waals surface area contributed by atoms with Gasteiger partial charge in [-0.05, 0) is 60.9 Å². The van der Waals surface area contributed by atoms with Crippen LogP contribution in [-0.2, 0) is 29.0 Å². The van der Waals surface area contributed by atoms with Crippen molar-refractivity contribution in [1.29, 1.82) is 5.41 Å². The molecule has 0 aliphatic heterocycles. The van der Waals surface area contributed by atoms with E-state index in [-0.39, 0.29) is 11.8 Å².